The molecular weight excluding hydrogens is 304 g/mol. The zero-order valence-electron chi connectivity index (χ0n) is 14.9. The third-order valence-corrected chi connectivity index (χ3v) is 4.61. The summed E-state index contributed by atoms with van der Waals surface area (Å²) in [5, 5.41) is 3.13. The number of likely N-dealkylation sites (tertiary alicyclic amines) is 1. The fraction of sp³-hybridized carbons (Fsp3) is 0.526. The summed E-state index contributed by atoms with van der Waals surface area (Å²) in [6, 6.07) is 5.50. The molecule has 1 aromatic carbocycles. The van der Waals surface area contributed by atoms with Crippen molar-refractivity contribution >= 4 is 5.91 Å². The fourth-order valence-corrected chi connectivity index (χ4v) is 3.15. The van der Waals surface area contributed by atoms with Crippen molar-refractivity contribution in [3.05, 3.63) is 36.4 Å². The smallest absolute Gasteiger partial charge is 0.223 e. The van der Waals surface area contributed by atoms with Gasteiger partial charge < -0.3 is 14.8 Å². The zero-order chi connectivity index (χ0) is 17.5. The van der Waals surface area contributed by atoms with Gasteiger partial charge in [-0.15, -0.1) is 6.58 Å². The second kappa shape index (κ2) is 8.73. The maximum Gasteiger partial charge on any atom is 0.223 e. The lowest BCUT2D eigenvalue weighted by Gasteiger charge is -2.31. The monoisotopic (exact) mass is 332 g/mol. The molecule has 1 N–H and O–H groups in total. The van der Waals surface area contributed by atoms with Gasteiger partial charge in [0.15, 0.2) is 0 Å². The first-order valence-electron chi connectivity index (χ1n) is 8.44. The highest BCUT2D eigenvalue weighted by molar-refractivity contribution is 5.79. The molecule has 0 aromatic heterocycles. The Morgan fingerprint density at radius 3 is 2.67 bits per heavy atom. The first-order valence-corrected chi connectivity index (χ1v) is 8.44. The van der Waals surface area contributed by atoms with Gasteiger partial charge in [0.1, 0.15) is 11.5 Å². The summed E-state index contributed by atoms with van der Waals surface area (Å²) < 4.78 is 10.7. The molecule has 0 aliphatic carbocycles. The number of hydrogen-bond acceptors (Lipinski definition) is 4. The normalized spacial score (nSPS) is 17.1. The van der Waals surface area contributed by atoms with Crippen molar-refractivity contribution in [3.63, 3.8) is 0 Å². The van der Waals surface area contributed by atoms with Gasteiger partial charge in [0.25, 0.3) is 0 Å². The maximum atomic E-state index is 12.6. The molecule has 1 atom stereocenters. The van der Waals surface area contributed by atoms with E-state index in [0.29, 0.717) is 0 Å². The molecule has 1 heterocycles. The summed E-state index contributed by atoms with van der Waals surface area (Å²) in [7, 11) is 3.26. The molecule has 0 radical (unpaired) electrons. The summed E-state index contributed by atoms with van der Waals surface area (Å²) in [6.45, 7) is 8.53. The number of carbonyl (C=O) groups is 1. The van der Waals surface area contributed by atoms with Gasteiger partial charge in [-0.2, -0.15) is 0 Å². The molecule has 1 amide bonds. The van der Waals surface area contributed by atoms with Crippen molar-refractivity contribution in [2.45, 2.75) is 25.8 Å². The molecular formula is C19H28N2O3. The van der Waals surface area contributed by atoms with Gasteiger partial charge in [-0.25, -0.2) is 0 Å². The highest BCUT2D eigenvalue weighted by Gasteiger charge is 2.26. The third-order valence-electron chi connectivity index (χ3n) is 4.61. The number of benzene rings is 1. The summed E-state index contributed by atoms with van der Waals surface area (Å²) in [5.41, 5.74) is 0.925. The lowest BCUT2D eigenvalue weighted by atomic mass is 9.95. The molecule has 0 spiro atoms. The predicted molar refractivity (Wildman–Crippen MR) is 95.5 cm³/mol. The Labute approximate surface area is 144 Å². The van der Waals surface area contributed by atoms with Crippen LogP contribution in [-0.4, -0.2) is 44.7 Å². The van der Waals surface area contributed by atoms with Crippen molar-refractivity contribution < 1.29 is 14.3 Å². The van der Waals surface area contributed by atoms with Crippen molar-refractivity contribution in [2.24, 2.45) is 5.92 Å². The second-order valence-electron chi connectivity index (χ2n) is 6.20. The molecule has 0 saturated carbocycles. The number of ether oxygens (including phenoxy) is 2. The summed E-state index contributed by atoms with van der Waals surface area (Å²) in [4.78, 5) is 14.9. The minimum absolute atomic E-state index is 0.0742. The van der Waals surface area contributed by atoms with E-state index in [-0.39, 0.29) is 17.9 Å². The molecule has 5 heteroatoms. The van der Waals surface area contributed by atoms with Crippen LogP contribution in [-0.2, 0) is 4.79 Å². The van der Waals surface area contributed by atoms with E-state index >= 15 is 0 Å². The summed E-state index contributed by atoms with van der Waals surface area (Å²) in [6.07, 6.45) is 3.70. The van der Waals surface area contributed by atoms with Crippen LogP contribution in [0.2, 0.25) is 0 Å². The number of hydrogen-bond donors (Lipinski definition) is 1. The Hall–Kier alpha value is -2.01. The number of amides is 1. The molecule has 5 nitrogen and oxygen atoms in total. The van der Waals surface area contributed by atoms with E-state index in [1.165, 1.54) is 0 Å². The van der Waals surface area contributed by atoms with E-state index in [1.807, 2.05) is 31.2 Å². The van der Waals surface area contributed by atoms with E-state index < -0.39 is 0 Å². The average molecular weight is 332 g/mol. The Kier molecular flexibility index (Phi) is 6.67. The van der Waals surface area contributed by atoms with E-state index in [9.17, 15) is 4.79 Å². The van der Waals surface area contributed by atoms with Crippen LogP contribution in [0.15, 0.2) is 30.9 Å². The van der Waals surface area contributed by atoms with Gasteiger partial charge >= 0.3 is 0 Å². The molecule has 1 fully saturated rings. The van der Waals surface area contributed by atoms with Gasteiger partial charge in [0.05, 0.1) is 20.3 Å². The van der Waals surface area contributed by atoms with Crippen LogP contribution in [0.1, 0.15) is 31.4 Å². The number of rotatable bonds is 7. The van der Waals surface area contributed by atoms with Crippen LogP contribution in [0.25, 0.3) is 0 Å². The van der Waals surface area contributed by atoms with E-state index in [2.05, 4.69) is 16.8 Å². The Morgan fingerprint density at radius 2 is 2.08 bits per heavy atom. The standard InChI is InChI=1S/C19H28N2O3/c1-5-10-21-11-8-15(9-12-21)19(22)20-14(2)17-13-16(23-3)6-7-18(17)24-4/h5-7,13-15H,1,8-12H2,2-4H3,(H,20,22). The van der Waals surface area contributed by atoms with Crippen molar-refractivity contribution in [2.75, 3.05) is 33.9 Å². The van der Waals surface area contributed by atoms with Gasteiger partial charge in [0, 0.05) is 18.0 Å². The molecule has 1 aliphatic heterocycles. The largest absolute Gasteiger partial charge is 0.497 e. The molecule has 0 bridgehead atoms. The third kappa shape index (κ3) is 4.51. The number of nitrogens with zero attached hydrogens (tertiary/aromatic N) is 1. The Bertz CT molecular complexity index is 566. The number of piperidine rings is 1. The van der Waals surface area contributed by atoms with Crippen molar-refractivity contribution in [1.82, 2.24) is 10.2 Å². The van der Waals surface area contributed by atoms with Gasteiger partial charge in [-0.3, -0.25) is 9.69 Å². The number of carbonyl (C=O) groups excluding carboxylic acids is 1. The molecule has 1 aliphatic rings. The molecule has 1 unspecified atom stereocenters. The summed E-state index contributed by atoms with van der Waals surface area (Å²) in [5.74, 6) is 1.70. The topological polar surface area (TPSA) is 50.8 Å². The highest BCUT2D eigenvalue weighted by atomic mass is 16.5. The van der Waals surface area contributed by atoms with Crippen LogP contribution in [0.5, 0.6) is 11.5 Å². The van der Waals surface area contributed by atoms with Gasteiger partial charge in [-0.05, 0) is 51.1 Å². The summed E-state index contributed by atoms with van der Waals surface area (Å²) >= 11 is 0. The SMILES string of the molecule is C=CCN1CCC(C(=O)NC(C)c2cc(OC)ccc2OC)CC1. The van der Waals surface area contributed by atoms with E-state index in [1.54, 1.807) is 14.2 Å². The van der Waals surface area contributed by atoms with Crippen LogP contribution < -0.4 is 14.8 Å². The predicted octanol–water partition coefficient (Wildman–Crippen LogP) is 2.78. The van der Waals surface area contributed by atoms with E-state index in [4.69, 9.17) is 9.47 Å². The minimum Gasteiger partial charge on any atom is -0.497 e. The first-order chi connectivity index (χ1) is 11.6. The van der Waals surface area contributed by atoms with Crippen LogP contribution >= 0.6 is 0 Å². The quantitative estimate of drug-likeness (QED) is 0.780. The molecule has 1 aromatic rings. The Morgan fingerprint density at radius 1 is 1.38 bits per heavy atom. The zero-order valence-corrected chi connectivity index (χ0v) is 14.9. The Balaban J connectivity index is 1.98. The van der Waals surface area contributed by atoms with E-state index in [0.717, 1.165) is 49.5 Å². The van der Waals surface area contributed by atoms with Crippen LogP contribution in [0.3, 0.4) is 0 Å². The maximum absolute atomic E-state index is 12.6. The lowest BCUT2D eigenvalue weighted by Crippen LogP contribution is -2.41. The molecule has 24 heavy (non-hydrogen) atoms. The molecule has 1 saturated heterocycles. The van der Waals surface area contributed by atoms with Crippen molar-refractivity contribution in [1.29, 1.82) is 0 Å². The first kappa shape index (κ1) is 18.3. The number of methoxy groups -OCH3 is 2. The van der Waals surface area contributed by atoms with Crippen LogP contribution in [0.4, 0.5) is 0 Å². The second-order valence-corrected chi connectivity index (χ2v) is 6.20. The molecule has 132 valence electrons. The average Bonchev–Trinajstić information content (AvgIpc) is 2.61. The van der Waals surface area contributed by atoms with Gasteiger partial charge in [-0.1, -0.05) is 6.08 Å². The highest BCUT2D eigenvalue weighted by Crippen LogP contribution is 2.29. The fourth-order valence-electron chi connectivity index (χ4n) is 3.15. The molecule has 2 rings (SSSR count). The minimum atomic E-state index is -0.131. The van der Waals surface area contributed by atoms with Crippen LogP contribution in [0, 0.1) is 5.92 Å². The number of nitrogens with one attached hydrogen (secondary N) is 1. The van der Waals surface area contributed by atoms with Gasteiger partial charge in [0.2, 0.25) is 5.91 Å². The lowest BCUT2D eigenvalue weighted by molar-refractivity contribution is -0.127. The van der Waals surface area contributed by atoms with Crippen molar-refractivity contribution in [3.8, 4) is 11.5 Å².